The van der Waals surface area contributed by atoms with Crippen molar-refractivity contribution >= 4 is 27.5 Å². The van der Waals surface area contributed by atoms with E-state index in [0.717, 1.165) is 38.6 Å². The number of halogens is 2. The molecule has 1 aromatic carbocycles. The van der Waals surface area contributed by atoms with Crippen molar-refractivity contribution in [3.63, 3.8) is 0 Å². The van der Waals surface area contributed by atoms with E-state index >= 15 is 0 Å². The van der Waals surface area contributed by atoms with Gasteiger partial charge in [0.15, 0.2) is 0 Å². The first kappa shape index (κ1) is 13.6. The molecule has 0 aliphatic heterocycles. The van der Waals surface area contributed by atoms with E-state index in [0.29, 0.717) is 6.54 Å². The van der Waals surface area contributed by atoms with Crippen LogP contribution in [0.25, 0.3) is 5.69 Å². The van der Waals surface area contributed by atoms with Gasteiger partial charge in [0, 0.05) is 10.6 Å². The number of nitrogens with two attached hydrogens (primary N) is 1. The Bertz CT molecular complexity index is 578. The molecule has 0 aliphatic carbocycles. The van der Waals surface area contributed by atoms with Crippen molar-refractivity contribution in [3.05, 3.63) is 44.6 Å². The highest BCUT2D eigenvalue weighted by atomic mass is 79.9. The van der Waals surface area contributed by atoms with Gasteiger partial charge in [0.1, 0.15) is 4.60 Å². The Morgan fingerprint density at radius 3 is 2.78 bits per heavy atom. The van der Waals surface area contributed by atoms with Crippen LogP contribution in [0.1, 0.15) is 16.8 Å². The number of hydrogen-bond acceptors (Lipinski definition) is 2. The molecule has 96 valence electrons. The van der Waals surface area contributed by atoms with Crippen LogP contribution in [0.4, 0.5) is 0 Å². The Morgan fingerprint density at radius 2 is 2.11 bits per heavy atom. The lowest BCUT2D eigenvalue weighted by molar-refractivity contribution is 0.838. The molecule has 3 nitrogen and oxygen atoms in total. The lowest BCUT2D eigenvalue weighted by atomic mass is 10.2. The standard InChI is InChI=1S/C13H15BrClN3/c1-8-11(15)4-3-5-12(8)18-13(14)10(6-7-16)9(2)17-18/h3-5H,6-7,16H2,1-2H3. The van der Waals surface area contributed by atoms with Gasteiger partial charge in [0.05, 0.1) is 11.4 Å². The number of aromatic nitrogens is 2. The molecule has 18 heavy (non-hydrogen) atoms. The quantitative estimate of drug-likeness (QED) is 0.938. The largest absolute Gasteiger partial charge is 0.330 e. The summed E-state index contributed by atoms with van der Waals surface area (Å²) in [7, 11) is 0. The van der Waals surface area contributed by atoms with Crippen molar-refractivity contribution in [2.75, 3.05) is 6.54 Å². The van der Waals surface area contributed by atoms with Crippen LogP contribution in [0, 0.1) is 13.8 Å². The summed E-state index contributed by atoms with van der Waals surface area (Å²) in [6.07, 6.45) is 0.812. The van der Waals surface area contributed by atoms with Gasteiger partial charge in [-0.2, -0.15) is 5.10 Å². The Balaban J connectivity index is 2.58. The maximum absolute atomic E-state index is 6.15. The van der Waals surface area contributed by atoms with Gasteiger partial charge in [-0.25, -0.2) is 4.68 Å². The predicted molar refractivity (Wildman–Crippen MR) is 78.5 cm³/mol. The summed E-state index contributed by atoms with van der Waals surface area (Å²) in [5, 5.41) is 5.30. The van der Waals surface area contributed by atoms with Crippen LogP contribution >= 0.6 is 27.5 Å². The molecule has 1 heterocycles. The third-order valence-electron chi connectivity index (χ3n) is 2.98. The molecule has 0 aliphatic rings. The highest BCUT2D eigenvalue weighted by Crippen LogP contribution is 2.28. The summed E-state index contributed by atoms with van der Waals surface area (Å²) >= 11 is 9.75. The maximum Gasteiger partial charge on any atom is 0.113 e. The van der Waals surface area contributed by atoms with E-state index < -0.39 is 0 Å². The lowest BCUT2D eigenvalue weighted by Crippen LogP contribution is -2.04. The van der Waals surface area contributed by atoms with Gasteiger partial charge in [-0.1, -0.05) is 17.7 Å². The summed E-state index contributed by atoms with van der Waals surface area (Å²) in [6.45, 7) is 4.59. The number of rotatable bonds is 3. The van der Waals surface area contributed by atoms with E-state index in [9.17, 15) is 0 Å². The molecule has 1 aromatic heterocycles. The molecule has 0 unspecified atom stereocenters. The Kier molecular flexibility index (Phi) is 4.10. The fourth-order valence-electron chi connectivity index (χ4n) is 1.94. The second-order valence-corrected chi connectivity index (χ2v) is 5.35. The van der Waals surface area contributed by atoms with Crippen molar-refractivity contribution in [1.29, 1.82) is 0 Å². The van der Waals surface area contributed by atoms with Gasteiger partial charge < -0.3 is 5.73 Å². The van der Waals surface area contributed by atoms with Gasteiger partial charge in [-0.3, -0.25) is 0 Å². The average molecular weight is 329 g/mol. The van der Waals surface area contributed by atoms with Crippen LogP contribution in [0.3, 0.4) is 0 Å². The van der Waals surface area contributed by atoms with Crippen LogP contribution in [0.5, 0.6) is 0 Å². The molecule has 0 amide bonds. The first-order valence-corrected chi connectivity index (χ1v) is 6.93. The Labute approximate surface area is 120 Å². The van der Waals surface area contributed by atoms with Gasteiger partial charge >= 0.3 is 0 Å². The zero-order chi connectivity index (χ0) is 13.3. The molecular formula is C13H15BrClN3. The van der Waals surface area contributed by atoms with Crippen molar-refractivity contribution in [3.8, 4) is 5.69 Å². The molecule has 0 radical (unpaired) electrons. The number of hydrogen-bond donors (Lipinski definition) is 1. The molecule has 0 saturated carbocycles. The fraction of sp³-hybridized carbons (Fsp3) is 0.308. The van der Waals surface area contributed by atoms with E-state index in [1.165, 1.54) is 0 Å². The van der Waals surface area contributed by atoms with Crippen LogP contribution in [0.15, 0.2) is 22.8 Å². The normalized spacial score (nSPS) is 10.9. The maximum atomic E-state index is 6.15. The molecule has 0 saturated heterocycles. The van der Waals surface area contributed by atoms with E-state index in [1.807, 2.05) is 36.7 Å². The monoisotopic (exact) mass is 327 g/mol. The topological polar surface area (TPSA) is 43.8 Å². The summed E-state index contributed by atoms with van der Waals surface area (Å²) in [5.74, 6) is 0. The van der Waals surface area contributed by atoms with Gasteiger partial charge in [-0.15, -0.1) is 0 Å². The van der Waals surface area contributed by atoms with Crippen molar-refractivity contribution in [2.24, 2.45) is 5.73 Å². The molecule has 0 spiro atoms. The minimum absolute atomic E-state index is 0.611. The summed E-state index contributed by atoms with van der Waals surface area (Å²) in [4.78, 5) is 0. The van der Waals surface area contributed by atoms with Gasteiger partial charge in [0.2, 0.25) is 0 Å². The molecular weight excluding hydrogens is 314 g/mol. The summed E-state index contributed by atoms with van der Waals surface area (Å²) in [5.41, 5.74) is 9.77. The zero-order valence-corrected chi connectivity index (χ0v) is 12.7. The first-order valence-electron chi connectivity index (χ1n) is 5.75. The van der Waals surface area contributed by atoms with Gasteiger partial charge in [-0.05, 0) is 60.4 Å². The average Bonchev–Trinajstić information content (AvgIpc) is 2.61. The smallest absolute Gasteiger partial charge is 0.113 e. The number of benzene rings is 1. The highest BCUT2D eigenvalue weighted by molar-refractivity contribution is 9.10. The SMILES string of the molecule is Cc1nn(-c2cccc(Cl)c2C)c(Br)c1CCN. The third kappa shape index (κ3) is 2.32. The van der Waals surface area contributed by atoms with E-state index in [-0.39, 0.29) is 0 Å². The minimum Gasteiger partial charge on any atom is -0.330 e. The Morgan fingerprint density at radius 1 is 1.39 bits per heavy atom. The third-order valence-corrected chi connectivity index (χ3v) is 4.21. The molecule has 0 bridgehead atoms. The highest BCUT2D eigenvalue weighted by Gasteiger charge is 2.15. The molecule has 2 aromatic rings. The van der Waals surface area contributed by atoms with E-state index in [1.54, 1.807) is 0 Å². The second-order valence-electron chi connectivity index (χ2n) is 4.19. The molecule has 0 fully saturated rings. The Hall–Kier alpha value is -0.840. The zero-order valence-electron chi connectivity index (χ0n) is 10.4. The number of nitrogens with zero attached hydrogens (tertiary/aromatic N) is 2. The summed E-state index contributed by atoms with van der Waals surface area (Å²) < 4.78 is 2.83. The minimum atomic E-state index is 0.611. The lowest BCUT2D eigenvalue weighted by Gasteiger charge is -2.08. The van der Waals surface area contributed by atoms with Crippen LogP contribution in [-0.2, 0) is 6.42 Å². The van der Waals surface area contributed by atoms with Crippen LogP contribution in [-0.4, -0.2) is 16.3 Å². The molecule has 2 rings (SSSR count). The second kappa shape index (κ2) is 5.43. The fourth-order valence-corrected chi connectivity index (χ4v) is 2.87. The van der Waals surface area contributed by atoms with Crippen molar-refractivity contribution in [2.45, 2.75) is 20.3 Å². The molecule has 5 heteroatoms. The van der Waals surface area contributed by atoms with Gasteiger partial charge in [0.25, 0.3) is 0 Å². The van der Waals surface area contributed by atoms with Crippen LogP contribution < -0.4 is 5.73 Å². The van der Waals surface area contributed by atoms with Crippen molar-refractivity contribution < 1.29 is 0 Å². The van der Waals surface area contributed by atoms with E-state index in [4.69, 9.17) is 17.3 Å². The first-order chi connectivity index (χ1) is 8.56. The van der Waals surface area contributed by atoms with Crippen molar-refractivity contribution in [1.82, 2.24) is 9.78 Å². The molecule has 2 N–H and O–H groups in total. The molecule has 0 atom stereocenters. The number of aryl methyl sites for hydroxylation is 1. The summed E-state index contributed by atoms with van der Waals surface area (Å²) in [6, 6.07) is 5.81. The predicted octanol–water partition coefficient (Wildman–Crippen LogP) is 3.41. The van der Waals surface area contributed by atoms with E-state index in [2.05, 4.69) is 21.0 Å². The van der Waals surface area contributed by atoms with Crippen LogP contribution in [0.2, 0.25) is 5.02 Å².